The van der Waals surface area contributed by atoms with E-state index in [1.54, 1.807) is 0 Å². The van der Waals surface area contributed by atoms with Gasteiger partial charge in [0.05, 0.1) is 5.69 Å². The van der Waals surface area contributed by atoms with Gasteiger partial charge in [0, 0.05) is 30.6 Å². The van der Waals surface area contributed by atoms with Crippen LogP contribution in [0, 0.1) is 0 Å². The topological polar surface area (TPSA) is 33.5 Å². The van der Waals surface area contributed by atoms with Gasteiger partial charge in [-0.3, -0.25) is 0 Å². The normalized spacial score (nSPS) is 14.6. The van der Waals surface area contributed by atoms with E-state index >= 15 is 0 Å². The van der Waals surface area contributed by atoms with Crippen LogP contribution >= 0.6 is 0 Å². The van der Waals surface area contributed by atoms with Crippen molar-refractivity contribution < 1.29 is 4.42 Å². The molecule has 18 heavy (non-hydrogen) atoms. The number of aryl methyl sites for hydroxylation is 1. The number of hydrogen-bond donors (Lipinski definition) is 0. The number of benzene rings is 1. The quantitative estimate of drug-likeness (QED) is 0.720. The van der Waals surface area contributed by atoms with Gasteiger partial charge in [-0.05, 0) is 30.5 Å². The maximum Gasteiger partial charge on any atom is 0.336 e. The minimum Gasteiger partial charge on any atom is -0.422 e. The van der Waals surface area contributed by atoms with Crippen LogP contribution < -0.4 is 10.5 Å². The van der Waals surface area contributed by atoms with Gasteiger partial charge in [0.1, 0.15) is 5.58 Å². The first-order valence-corrected chi connectivity index (χ1v) is 6.14. The third-order valence-corrected chi connectivity index (χ3v) is 3.53. The molecule has 0 radical (unpaired) electrons. The number of fused-ring (bicyclic) bond motifs is 3. The molecular formula is C15H15NO2. The highest BCUT2D eigenvalue weighted by molar-refractivity contribution is 5.91. The van der Waals surface area contributed by atoms with Crippen molar-refractivity contribution in [2.24, 2.45) is 0 Å². The lowest BCUT2D eigenvalue weighted by atomic mass is 9.95. The van der Waals surface area contributed by atoms with Crippen molar-refractivity contribution in [1.29, 1.82) is 0 Å². The molecule has 92 valence electrons. The summed E-state index contributed by atoms with van der Waals surface area (Å²) in [6.07, 6.45) is 3.90. The number of hydrogen-bond acceptors (Lipinski definition) is 3. The number of anilines is 1. The molecular weight excluding hydrogens is 226 g/mol. The molecule has 2 heterocycles. The van der Waals surface area contributed by atoms with Crippen molar-refractivity contribution >= 4 is 22.7 Å². The van der Waals surface area contributed by atoms with Gasteiger partial charge in [0.25, 0.3) is 0 Å². The fraction of sp³-hybridized carbons (Fsp3) is 0.267. The summed E-state index contributed by atoms with van der Waals surface area (Å²) >= 11 is 0. The maximum atomic E-state index is 11.4. The van der Waals surface area contributed by atoms with Crippen molar-refractivity contribution in [3.05, 3.63) is 46.3 Å². The summed E-state index contributed by atoms with van der Waals surface area (Å²) < 4.78 is 5.39. The van der Waals surface area contributed by atoms with Crippen LogP contribution in [0.1, 0.15) is 17.5 Å². The highest BCUT2D eigenvalue weighted by Crippen LogP contribution is 2.36. The molecule has 3 heteroatoms. The minimum atomic E-state index is -0.288. The van der Waals surface area contributed by atoms with Gasteiger partial charge in [0.2, 0.25) is 0 Å². The van der Waals surface area contributed by atoms with E-state index in [2.05, 4.69) is 18.5 Å². The Bertz CT molecular complexity index is 685. The Kier molecular flexibility index (Phi) is 2.47. The van der Waals surface area contributed by atoms with E-state index in [9.17, 15) is 4.79 Å². The van der Waals surface area contributed by atoms with Crippen LogP contribution in [-0.4, -0.2) is 13.6 Å². The molecule has 0 fully saturated rings. The Labute approximate surface area is 105 Å². The molecule has 0 unspecified atom stereocenters. The molecule has 0 bridgehead atoms. The first-order valence-electron chi connectivity index (χ1n) is 6.14. The summed E-state index contributed by atoms with van der Waals surface area (Å²) in [6, 6.07) is 5.32. The molecule has 0 N–H and O–H groups in total. The Morgan fingerprint density at radius 3 is 3.06 bits per heavy atom. The highest BCUT2D eigenvalue weighted by Gasteiger charge is 2.20. The van der Waals surface area contributed by atoms with Crippen LogP contribution in [0.3, 0.4) is 0 Å². The number of nitrogens with zero attached hydrogens (tertiary/aromatic N) is 1. The zero-order chi connectivity index (χ0) is 12.7. The largest absolute Gasteiger partial charge is 0.422 e. The summed E-state index contributed by atoms with van der Waals surface area (Å²) in [4.78, 5) is 13.6. The predicted molar refractivity (Wildman–Crippen MR) is 74.2 cm³/mol. The molecule has 1 aromatic carbocycles. The monoisotopic (exact) mass is 241 g/mol. The van der Waals surface area contributed by atoms with Crippen LogP contribution in [0.25, 0.3) is 17.0 Å². The standard InChI is InChI=1S/C15H15NO2/c1-3-10-9-11-6-7-13(17)18-15(11)12-5-4-8-16(2)14(10)12/h3,6-7,9H,1,4-5,8H2,2H3. The molecule has 2 aromatic rings. The molecule has 0 saturated heterocycles. The maximum absolute atomic E-state index is 11.4. The second-order valence-electron chi connectivity index (χ2n) is 4.69. The van der Waals surface area contributed by atoms with Gasteiger partial charge in [-0.1, -0.05) is 12.7 Å². The van der Waals surface area contributed by atoms with E-state index in [0.717, 1.165) is 47.2 Å². The molecule has 3 rings (SSSR count). The molecule has 1 aliphatic heterocycles. The lowest BCUT2D eigenvalue weighted by Crippen LogP contribution is -2.25. The van der Waals surface area contributed by atoms with Crippen LogP contribution in [0.4, 0.5) is 5.69 Å². The van der Waals surface area contributed by atoms with Crippen LogP contribution in [0.2, 0.25) is 0 Å². The first-order chi connectivity index (χ1) is 8.70. The second-order valence-corrected chi connectivity index (χ2v) is 4.69. The van der Waals surface area contributed by atoms with E-state index < -0.39 is 0 Å². The van der Waals surface area contributed by atoms with Crippen LogP contribution in [0.15, 0.2) is 34.0 Å². The van der Waals surface area contributed by atoms with Crippen molar-refractivity contribution in [3.8, 4) is 0 Å². The van der Waals surface area contributed by atoms with E-state index in [1.807, 2.05) is 18.2 Å². The Morgan fingerprint density at radius 2 is 2.28 bits per heavy atom. The van der Waals surface area contributed by atoms with E-state index in [-0.39, 0.29) is 5.63 Å². The van der Waals surface area contributed by atoms with Crippen molar-refractivity contribution in [2.45, 2.75) is 12.8 Å². The van der Waals surface area contributed by atoms with Crippen LogP contribution in [-0.2, 0) is 6.42 Å². The van der Waals surface area contributed by atoms with Crippen molar-refractivity contribution in [1.82, 2.24) is 0 Å². The van der Waals surface area contributed by atoms with Crippen molar-refractivity contribution in [3.63, 3.8) is 0 Å². The average molecular weight is 241 g/mol. The molecule has 1 aliphatic rings. The van der Waals surface area contributed by atoms with E-state index in [0.29, 0.717) is 0 Å². The fourth-order valence-electron chi connectivity index (χ4n) is 2.74. The second kappa shape index (κ2) is 4.02. The molecule has 3 nitrogen and oxygen atoms in total. The summed E-state index contributed by atoms with van der Waals surface area (Å²) in [5.74, 6) is 0. The third-order valence-electron chi connectivity index (χ3n) is 3.53. The van der Waals surface area contributed by atoms with Gasteiger partial charge in [-0.25, -0.2) is 4.79 Å². The lowest BCUT2D eigenvalue weighted by molar-refractivity contribution is 0.554. The smallest absolute Gasteiger partial charge is 0.336 e. The zero-order valence-corrected chi connectivity index (χ0v) is 10.4. The SMILES string of the molecule is C=Cc1cc2ccc(=O)oc2c2c1N(C)CCC2. The third kappa shape index (κ3) is 1.55. The van der Waals surface area contributed by atoms with Crippen LogP contribution in [0.5, 0.6) is 0 Å². The lowest BCUT2D eigenvalue weighted by Gasteiger charge is -2.29. The Hall–Kier alpha value is -2.03. The molecule has 1 aromatic heterocycles. The first kappa shape index (κ1) is 11.1. The Balaban J connectivity index is 2.45. The zero-order valence-electron chi connectivity index (χ0n) is 10.4. The van der Waals surface area contributed by atoms with E-state index in [4.69, 9.17) is 4.42 Å². The molecule has 0 spiro atoms. The summed E-state index contributed by atoms with van der Waals surface area (Å²) in [6.45, 7) is 4.90. The van der Waals surface area contributed by atoms with E-state index in [1.165, 1.54) is 6.07 Å². The minimum absolute atomic E-state index is 0.288. The summed E-state index contributed by atoms with van der Waals surface area (Å²) in [5.41, 5.74) is 3.83. The molecule has 0 atom stereocenters. The van der Waals surface area contributed by atoms with Gasteiger partial charge in [-0.15, -0.1) is 0 Å². The number of rotatable bonds is 1. The molecule has 0 saturated carbocycles. The Morgan fingerprint density at radius 1 is 1.44 bits per heavy atom. The van der Waals surface area contributed by atoms with Gasteiger partial charge in [-0.2, -0.15) is 0 Å². The summed E-state index contributed by atoms with van der Waals surface area (Å²) in [5, 5.41) is 0.971. The molecule has 0 aliphatic carbocycles. The fourth-order valence-corrected chi connectivity index (χ4v) is 2.74. The average Bonchev–Trinajstić information content (AvgIpc) is 2.38. The summed E-state index contributed by atoms with van der Waals surface area (Å²) in [7, 11) is 2.07. The van der Waals surface area contributed by atoms with Gasteiger partial charge in [0.15, 0.2) is 0 Å². The predicted octanol–water partition coefficient (Wildman–Crippen LogP) is 2.82. The van der Waals surface area contributed by atoms with Gasteiger partial charge < -0.3 is 9.32 Å². The molecule has 0 amide bonds. The van der Waals surface area contributed by atoms with Crippen molar-refractivity contribution in [2.75, 3.05) is 18.5 Å². The van der Waals surface area contributed by atoms with Gasteiger partial charge >= 0.3 is 5.63 Å². The highest BCUT2D eigenvalue weighted by atomic mass is 16.4.